The largest absolute Gasteiger partial charge is 0.484 e. The number of anilines is 1. The number of aryl methyl sites for hydroxylation is 4. The molecule has 0 bridgehead atoms. The number of benzene rings is 2. The molecule has 0 aliphatic rings. The summed E-state index contributed by atoms with van der Waals surface area (Å²) in [7, 11) is 0. The number of fused-ring (bicyclic) bond motifs is 1. The zero-order chi connectivity index (χ0) is 25.1. The summed E-state index contributed by atoms with van der Waals surface area (Å²) in [6, 6.07) is 13.3. The van der Waals surface area contributed by atoms with Crippen molar-refractivity contribution < 1.29 is 23.6 Å². The van der Waals surface area contributed by atoms with Crippen LogP contribution in [0, 0.1) is 27.7 Å². The molecule has 1 N–H and O–H groups in total. The molecule has 2 aromatic heterocycles. The molecule has 0 aliphatic heterocycles. The molecule has 0 fully saturated rings. The van der Waals surface area contributed by atoms with Crippen molar-refractivity contribution in [1.82, 2.24) is 9.56 Å². The lowest BCUT2D eigenvalue weighted by Gasteiger charge is -2.12. The Bertz CT molecular complexity index is 1480. The lowest BCUT2D eigenvalue weighted by atomic mass is 10.1. The first-order chi connectivity index (χ1) is 16.7. The molecule has 0 spiro atoms. The van der Waals surface area contributed by atoms with Gasteiger partial charge < -0.3 is 19.3 Å². The Morgan fingerprint density at radius 1 is 0.971 bits per heavy atom. The van der Waals surface area contributed by atoms with E-state index in [0.717, 1.165) is 21.3 Å². The Balaban J connectivity index is 1.38. The predicted octanol–water partition coefficient (Wildman–Crippen LogP) is 3.90. The van der Waals surface area contributed by atoms with Gasteiger partial charge in [-0.2, -0.15) is 0 Å². The SMILES string of the molecule is Cc1cc2nc(COC(=O)c3ccc(C)c(NC(=O)COc4ccc(C)c(C)c4)c3)cc(=O)n2o1. The van der Waals surface area contributed by atoms with Gasteiger partial charge in [-0.1, -0.05) is 12.1 Å². The molecule has 4 aromatic rings. The highest BCUT2D eigenvalue weighted by atomic mass is 16.5. The number of hydrogen-bond acceptors (Lipinski definition) is 7. The van der Waals surface area contributed by atoms with E-state index in [0.29, 0.717) is 28.5 Å². The summed E-state index contributed by atoms with van der Waals surface area (Å²) in [5, 5.41) is 2.77. The highest BCUT2D eigenvalue weighted by molar-refractivity contribution is 5.96. The van der Waals surface area contributed by atoms with E-state index in [2.05, 4.69) is 10.3 Å². The number of nitrogens with zero attached hydrogens (tertiary/aromatic N) is 2. The zero-order valence-electron chi connectivity index (χ0n) is 19.9. The fourth-order valence-electron chi connectivity index (χ4n) is 3.39. The smallest absolute Gasteiger partial charge is 0.338 e. The Morgan fingerprint density at radius 2 is 1.74 bits per heavy atom. The molecule has 0 radical (unpaired) electrons. The Hall–Kier alpha value is -4.40. The van der Waals surface area contributed by atoms with Gasteiger partial charge in [-0.05, 0) is 68.7 Å². The van der Waals surface area contributed by atoms with Gasteiger partial charge >= 0.3 is 5.97 Å². The summed E-state index contributed by atoms with van der Waals surface area (Å²) in [5.74, 6) is 0.175. The minimum atomic E-state index is -0.614. The van der Waals surface area contributed by atoms with Gasteiger partial charge in [0, 0.05) is 17.8 Å². The van der Waals surface area contributed by atoms with E-state index in [1.54, 1.807) is 25.1 Å². The third-order valence-corrected chi connectivity index (χ3v) is 5.47. The van der Waals surface area contributed by atoms with Crippen LogP contribution in [0.4, 0.5) is 5.69 Å². The maximum absolute atomic E-state index is 12.6. The maximum Gasteiger partial charge on any atom is 0.338 e. The van der Waals surface area contributed by atoms with Crippen LogP contribution in [0.5, 0.6) is 5.75 Å². The van der Waals surface area contributed by atoms with Gasteiger partial charge in [0.2, 0.25) is 0 Å². The number of rotatable bonds is 7. The van der Waals surface area contributed by atoms with Crippen LogP contribution in [-0.4, -0.2) is 28.0 Å². The molecule has 180 valence electrons. The van der Waals surface area contributed by atoms with Crippen molar-refractivity contribution in [2.24, 2.45) is 0 Å². The van der Waals surface area contributed by atoms with Gasteiger partial charge in [-0.15, -0.1) is 4.57 Å². The van der Waals surface area contributed by atoms with Crippen LogP contribution < -0.4 is 15.6 Å². The lowest BCUT2D eigenvalue weighted by molar-refractivity contribution is -0.118. The van der Waals surface area contributed by atoms with Crippen molar-refractivity contribution in [1.29, 1.82) is 0 Å². The first-order valence-electron chi connectivity index (χ1n) is 11.0. The number of amides is 1. The molecular weight excluding hydrogens is 450 g/mol. The van der Waals surface area contributed by atoms with Gasteiger partial charge in [0.25, 0.3) is 11.5 Å². The number of aromatic nitrogens is 2. The van der Waals surface area contributed by atoms with Gasteiger partial charge in [0.15, 0.2) is 12.3 Å². The molecular formula is C26H25N3O6. The summed E-state index contributed by atoms with van der Waals surface area (Å²) in [4.78, 5) is 41.4. The van der Waals surface area contributed by atoms with Gasteiger partial charge in [-0.25, -0.2) is 9.78 Å². The number of nitrogens with one attached hydrogen (secondary N) is 1. The van der Waals surface area contributed by atoms with Gasteiger partial charge in [-0.3, -0.25) is 9.59 Å². The van der Waals surface area contributed by atoms with Crippen molar-refractivity contribution in [3.05, 3.63) is 92.6 Å². The average molecular weight is 476 g/mol. The van der Waals surface area contributed by atoms with E-state index < -0.39 is 11.5 Å². The molecule has 0 saturated carbocycles. The highest BCUT2D eigenvalue weighted by Gasteiger charge is 2.14. The second-order valence-corrected chi connectivity index (χ2v) is 8.27. The molecule has 9 nitrogen and oxygen atoms in total. The summed E-state index contributed by atoms with van der Waals surface area (Å²) >= 11 is 0. The molecule has 0 unspecified atom stereocenters. The van der Waals surface area contributed by atoms with Crippen molar-refractivity contribution in [2.75, 3.05) is 11.9 Å². The van der Waals surface area contributed by atoms with Crippen molar-refractivity contribution in [2.45, 2.75) is 34.3 Å². The quantitative estimate of drug-likeness (QED) is 0.404. The standard InChI is InChI=1S/C26H25N3O6/c1-15-6-8-21(9-17(15)3)33-14-24(30)28-22-11-19(7-5-16(22)2)26(32)34-13-20-12-25(31)29-23(27-20)10-18(4)35-29/h5-12H,13-14H2,1-4H3,(H,28,30). The Morgan fingerprint density at radius 3 is 2.51 bits per heavy atom. The molecule has 9 heteroatoms. The first-order valence-corrected chi connectivity index (χ1v) is 11.0. The summed E-state index contributed by atoms with van der Waals surface area (Å²) in [5.41, 5.74) is 3.94. The average Bonchev–Trinajstić information content (AvgIpc) is 3.20. The minimum absolute atomic E-state index is 0.173. The molecule has 35 heavy (non-hydrogen) atoms. The number of carbonyl (C=O) groups excluding carboxylic acids is 2. The van der Waals surface area contributed by atoms with E-state index in [9.17, 15) is 14.4 Å². The minimum Gasteiger partial charge on any atom is -0.484 e. The predicted molar refractivity (Wildman–Crippen MR) is 129 cm³/mol. The highest BCUT2D eigenvalue weighted by Crippen LogP contribution is 2.19. The molecule has 2 heterocycles. The molecule has 0 saturated heterocycles. The van der Waals surface area contributed by atoms with Gasteiger partial charge in [0.1, 0.15) is 18.1 Å². The monoisotopic (exact) mass is 475 g/mol. The second-order valence-electron chi connectivity index (χ2n) is 8.27. The van der Waals surface area contributed by atoms with E-state index in [4.69, 9.17) is 14.0 Å². The fraction of sp³-hybridized carbons (Fsp3) is 0.231. The number of hydrogen-bond donors (Lipinski definition) is 1. The van der Waals surface area contributed by atoms with Crippen molar-refractivity contribution in [3.63, 3.8) is 0 Å². The van der Waals surface area contributed by atoms with Crippen LogP contribution >= 0.6 is 0 Å². The van der Waals surface area contributed by atoms with Crippen LogP contribution in [0.25, 0.3) is 5.65 Å². The third-order valence-electron chi connectivity index (χ3n) is 5.47. The number of esters is 1. The molecule has 0 atom stereocenters. The third kappa shape index (κ3) is 5.57. The summed E-state index contributed by atoms with van der Waals surface area (Å²) in [6.07, 6.45) is 0. The molecule has 0 aliphatic carbocycles. The summed E-state index contributed by atoms with van der Waals surface area (Å²) < 4.78 is 17.2. The number of carbonyl (C=O) groups is 2. The molecule has 2 aromatic carbocycles. The first kappa shape index (κ1) is 23.7. The summed E-state index contributed by atoms with van der Waals surface area (Å²) in [6.45, 7) is 7.14. The van der Waals surface area contributed by atoms with Crippen LogP contribution in [-0.2, 0) is 16.1 Å². The number of ether oxygens (including phenoxy) is 2. The van der Waals surface area contributed by atoms with E-state index in [1.807, 2.05) is 39.0 Å². The van der Waals surface area contributed by atoms with Crippen molar-refractivity contribution >= 4 is 23.2 Å². The van der Waals surface area contributed by atoms with Crippen LogP contribution in [0.3, 0.4) is 0 Å². The topological polar surface area (TPSA) is 112 Å². The molecule has 1 amide bonds. The molecule has 4 rings (SSSR count). The lowest BCUT2D eigenvalue weighted by Crippen LogP contribution is -2.21. The Kier molecular flexibility index (Phi) is 6.68. The van der Waals surface area contributed by atoms with E-state index in [-0.39, 0.29) is 24.7 Å². The zero-order valence-corrected chi connectivity index (χ0v) is 19.9. The van der Waals surface area contributed by atoms with Crippen LogP contribution in [0.1, 0.15) is 38.5 Å². The van der Waals surface area contributed by atoms with E-state index >= 15 is 0 Å². The van der Waals surface area contributed by atoms with Gasteiger partial charge in [0.05, 0.1) is 11.3 Å². The van der Waals surface area contributed by atoms with Crippen molar-refractivity contribution in [3.8, 4) is 5.75 Å². The van der Waals surface area contributed by atoms with Crippen LogP contribution in [0.2, 0.25) is 0 Å². The Labute approximate surface area is 201 Å². The second kappa shape index (κ2) is 9.84. The maximum atomic E-state index is 12.6. The normalized spacial score (nSPS) is 10.9. The van der Waals surface area contributed by atoms with E-state index in [1.165, 1.54) is 12.1 Å². The fourth-order valence-corrected chi connectivity index (χ4v) is 3.39. The van der Waals surface area contributed by atoms with Crippen LogP contribution in [0.15, 0.2) is 57.8 Å².